The van der Waals surface area contributed by atoms with E-state index in [9.17, 15) is 12.8 Å². The number of likely N-dealkylation sites (N-methyl/N-ethyl adjacent to an activating group) is 1. The van der Waals surface area contributed by atoms with Crippen LogP contribution in [0.4, 0.5) is 4.39 Å². The molecule has 0 aliphatic carbocycles. The number of nitrogens with zero attached hydrogens (tertiary/aromatic N) is 2. The molecule has 108 valence electrons. The van der Waals surface area contributed by atoms with Crippen LogP contribution >= 0.6 is 24.0 Å². The van der Waals surface area contributed by atoms with E-state index in [1.54, 1.807) is 0 Å². The lowest BCUT2D eigenvalue weighted by Crippen LogP contribution is -2.31. The van der Waals surface area contributed by atoms with Gasteiger partial charge in [0.2, 0.25) is 10.0 Å². The second-order valence-corrected chi connectivity index (χ2v) is 5.63. The number of aliphatic imine (C=N–C) groups is 1. The number of hydrogen-bond donors (Lipinski definition) is 2. The molecule has 0 saturated carbocycles. The Bertz CT molecular complexity index is 529. The first kappa shape index (κ1) is 18.1. The molecule has 0 spiro atoms. The largest absolute Gasteiger partial charge is 0.370 e. The molecule has 1 aromatic carbocycles. The van der Waals surface area contributed by atoms with E-state index in [4.69, 9.17) is 11.5 Å². The highest BCUT2D eigenvalue weighted by atomic mass is 127. The van der Waals surface area contributed by atoms with E-state index in [0.717, 1.165) is 16.4 Å². The summed E-state index contributed by atoms with van der Waals surface area (Å²) in [5, 5.41) is 0. The van der Waals surface area contributed by atoms with Crippen LogP contribution in [0.15, 0.2) is 34.2 Å². The Kier molecular flexibility index (Phi) is 7.23. The van der Waals surface area contributed by atoms with Gasteiger partial charge in [0.25, 0.3) is 0 Å². The summed E-state index contributed by atoms with van der Waals surface area (Å²) in [6, 6.07) is 4.61. The predicted molar refractivity (Wildman–Crippen MR) is 82.3 cm³/mol. The predicted octanol–water partition coefficient (Wildman–Crippen LogP) is 0.338. The number of hydrogen-bond acceptors (Lipinski definition) is 3. The van der Waals surface area contributed by atoms with Crippen molar-refractivity contribution in [3.8, 4) is 0 Å². The van der Waals surface area contributed by atoms with Gasteiger partial charge in [-0.3, -0.25) is 4.99 Å². The van der Waals surface area contributed by atoms with Crippen molar-refractivity contribution in [2.75, 3.05) is 20.1 Å². The molecule has 0 aliphatic heterocycles. The summed E-state index contributed by atoms with van der Waals surface area (Å²) < 4.78 is 37.8. The Balaban J connectivity index is 0.00000324. The van der Waals surface area contributed by atoms with E-state index < -0.39 is 15.8 Å². The number of rotatable bonds is 5. The topological polar surface area (TPSA) is 102 Å². The fourth-order valence-electron chi connectivity index (χ4n) is 1.23. The number of sulfonamides is 1. The average molecular weight is 402 g/mol. The summed E-state index contributed by atoms with van der Waals surface area (Å²) in [7, 11) is -2.23. The molecule has 0 saturated heterocycles. The van der Waals surface area contributed by atoms with E-state index >= 15 is 0 Å². The van der Waals surface area contributed by atoms with E-state index in [2.05, 4.69) is 4.99 Å². The molecule has 0 fully saturated rings. The number of nitrogens with two attached hydrogens (primary N) is 2. The molecule has 19 heavy (non-hydrogen) atoms. The SMILES string of the molecule is CN(CCN=C(N)N)S(=O)(=O)c1ccc(F)cc1.I. The molecular formula is C10H16FIN4O2S. The quantitative estimate of drug-likeness (QED) is 0.421. The highest BCUT2D eigenvalue weighted by Crippen LogP contribution is 2.14. The Morgan fingerprint density at radius 1 is 1.32 bits per heavy atom. The van der Waals surface area contributed by atoms with Crippen LogP contribution in [-0.4, -0.2) is 38.8 Å². The first-order valence-electron chi connectivity index (χ1n) is 5.11. The molecule has 0 amide bonds. The third-order valence-corrected chi connectivity index (χ3v) is 4.10. The maximum Gasteiger partial charge on any atom is 0.242 e. The van der Waals surface area contributed by atoms with E-state index in [1.165, 1.54) is 19.2 Å². The van der Waals surface area contributed by atoms with Gasteiger partial charge in [0.05, 0.1) is 11.4 Å². The Hall–Kier alpha value is -0.940. The Morgan fingerprint density at radius 3 is 2.32 bits per heavy atom. The van der Waals surface area contributed by atoms with Gasteiger partial charge in [0.1, 0.15) is 5.82 Å². The van der Waals surface area contributed by atoms with Gasteiger partial charge in [0, 0.05) is 13.6 Å². The lowest BCUT2D eigenvalue weighted by atomic mass is 10.4. The van der Waals surface area contributed by atoms with Crippen LogP contribution in [0.5, 0.6) is 0 Å². The third-order valence-electron chi connectivity index (χ3n) is 2.23. The van der Waals surface area contributed by atoms with Crippen LogP contribution < -0.4 is 11.5 Å². The van der Waals surface area contributed by atoms with Crippen molar-refractivity contribution in [2.45, 2.75) is 4.90 Å². The highest BCUT2D eigenvalue weighted by Gasteiger charge is 2.19. The van der Waals surface area contributed by atoms with Crippen molar-refractivity contribution in [3.63, 3.8) is 0 Å². The fourth-order valence-corrected chi connectivity index (χ4v) is 2.39. The van der Waals surface area contributed by atoms with Gasteiger partial charge in [-0.15, -0.1) is 24.0 Å². The van der Waals surface area contributed by atoms with Crippen molar-refractivity contribution in [3.05, 3.63) is 30.1 Å². The lowest BCUT2D eigenvalue weighted by molar-refractivity contribution is 0.476. The first-order chi connectivity index (χ1) is 8.34. The van der Waals surface area contributed by atoms with Gasteiger partial charge in [-0.2, -0.15) is 4.31 Å². The maximum atomic E-state index is 12.7. The minimum absolute atomic E-state index is 0. The van der Waals surface area contributed by atoms with Crippen LogP contribution in [0, 0.1) is 5.82 Å². The molecule has 0 heterocycles. The van der Waals surface area contributed by atoms with Crippen LogP contribution in [0.3, 0.4) is 0 Å². The van der Waals surface area contributed by atoms with Gasteiger partial charge < -0.3 is 11.5 Å². The van der Waals surface area contributed by atoms with Gasteiger partial charge in [-0.1, -0.05) is 0 Å². The minimum atomic E-state index is -3.64. The molecule has 0 bridgehead atoms. The molecule has 9 heteroatoms. The van der Waals surface area contributed by atoms with Crippen molar-refractivity contribution < 1.29 is 12.8 Å². The molecule has 0 atom stereocenters. The van der Waals surface area contributed by atoms with Gasteiger partial charge in [-0.25, -0.2) is 12.8 Å². The fraction of sp³-hybridized carbons (Fsp3) is 0.300. The average Bonchev–Trinajstić information content (AvgIpc) is 2.28. The lowest BCUT2D eigenvalue weighted by Gasteiger charge is -2.16. The van der Waals surface area contributed by atoms with Crippen LogP contribution in [-0.2, 0) is 10.0 Å². The zero-order valence-corrected chi connectivity index (χ0v) is 13.4. The molecule has 0 aliphatic rings. The summed E-state index contributed by atoms with van der Waals surface area (Å²) in [6.45, 7) is 0.302. The second-order valence-electron chi connectivity index (χ2n) is 3.59. The molecular weight excluding hydrogens is 386 g/mol. The monoisotopic (exact) mass is 402 g/mol. The Morgan fingerprint density at radius 2 is 1.84 bits per heavy atom. The smallest absolute Gasteiger partial charge is 0.242 e. The van der Waals surface area contributed by atoms with E-state index in [0.29, 0.717) is 0 Å². The summed E-state index contributed by atoms with van der Waals surface area (Å²) in [4.78, 5) is 3.72. The number of guanidine groups is 1. The minimum Gasteiger partial charge on any atom is -0.370 e. The van der Waals surface area contributed by atoms with Crippen LogP contribution in [0.1, 0.15) is 0 Å². The summed E-state index contributed by atoms with van der Waals surface area (Å²) in [5.41, 5.74) is 10.3. The van der Waals surface area contributed by atoms with Crippen LogP contribution in [0.2, 0.25) is 0 Å². The molecule has 6 nitrogen and oxygen atoms in total. The standard InChI is InChI=1S/C10H15FN4O2S.HI/c1-15(7-6-14-10(12)13)18(16,17)9-4-2-8(11)3-5-9;/h2-5H,6-7H2,1H3,(H4,12,13,14);1H. The summed E-state index contributed by atoms with van der Waals surface area (Å²) >= 11 is 0. The van der Waals surface area contributed by atoms with Gasteiger partial charge in [0.15, 0.2) is 5.96 Å². The molecule has 4 N–H and O–H groups in total. The maximum absolute atomic E-state index is 12.7. The zero-order chi connectivity index (χ0) is 13.8. The van der Waals surface area contributed by atoms with Gasteiger partial charge in [-0.05, 0) is 24.3 Å². The Labute approximate surface area is 128 Å². The van der Waals surface area contributed by atoms with Crippen LogP contribution in [0.25, 0.3) is 0 Å². The molecule has 0 unspecified atom stereocenters. The van der Waals surface area contributed by atoms with Crippen molar-refractivity contribution in [1.29, 1.82) is 0 Å². The molecule has 0 aromatic heterocycles. The normalized spacial score (nSPS) is 10.9. The third kappa shape index (κ3) is 5.28. The van der Waals surface area contributed by atoms with E-state index in [-0.39, 0.29) is 47.9 Å². The summed E-state index contributed by atoms with van der Waals surface area (Å²) in [5.74, 6) is -0.584. The first-order valence-corrected chi connectivity index (χ1v) is 6.55. The van der Waals surface area contributed by atoms with Crippen molar-refractivity contribution in [1.82, 2.24) is 4.31 Å². The molecule has 0 radical (unpaired) electrons. The second kappa shape index (κ2) is 7.60. The number of benzene rings is 1. The number of halogens is 2. The van der Waals surface area contributed by atoms with E-state index in [1.807, 2.05) is 0 Å². The zero-order valence-electron chi connectivity index (χ0n) is 10.3. The molecule has 1 rings (SSSR count). The van der Waals surface area contributed by atoms with Crippen molar-refractivity contribution >= 4 is 40.0 Å². The highest BCUT2D eigenvalue weighted by molar-refractivity contribution is 14.0. The van der Waals surface area contributed by atoms with Crippen molar-refractivity contribution in [2.24, 2.45) is 16.5 Å². The molecule has 1 aromatic rings. The van der Waals surface area contributed by atoms with Gasteiger partial charge >= 0.3 is 0 Å². The summed E-state index contributed by atoms with van der Waals surface area (Å²) in [6.07, 6.45) is 0.